The fourth-order valence-corrected chi connectivity index (χ4v) is 3.09. The monoisotopic (exact) mass is 476 g/mol. The van der Waals surface area contributed by atoms with Crippen LogP contribution in [0.5, 0.6) is 11.5 Å². The fraction of sp³-hybridized carbons (Fsp3) is 0. The van der Waals surface area contributed by atoms with Gasteiger partial charge in [0.2, 0.25) is 11.6 Å². The number of nitro benzene ring substituents is 3. The first kappa shape index (κ1) is 22.7. The Hall–Kier alpha value is -5.46. The third kappa shape index (κ3) is 4.98. The van der Waals surface area contributed by atoms with Crippen molar-refractivity contribution in [2.45, 2.75) is 0 Å². The summed E-state index contributed by atoms with van der Waals surface area (Å²) in [6.45, 7) is 0. The number of rotatable bonds is 7. The molecule has 1 aliphatic rings. The molecule has 4 rings (SSSR count). The molecular formula is C22H12N4O9. The summed E-state index contributed by atoms with van der Waals surface area (Å²) < 4.78 is 10.7. The largest absolute Gasteiger partial charge is 0.450 e. The molecule has 0 radical (unpaired) electrons. The molecule has 3 aromatic rings. The van der Waals surface area contributed by atoms with Gasteiger partial charge in [0.1, 0.15) is 5.75 Å². The Bertz CT molecular complexity index is 1460. The molecule has 0 aromatic heterocycles. The van der Waals surface area contributed by atoms with Gasteiger partial charge in [0.15, 0.2) is 5.70 Å². The van der Waals surface area contributed by atoms with Crippen molar-refractivity contribution in [2.24, 2.45) is 4.99 Å². The van der Waals surface area contributed by atoms with Crippen LogP contribution < -0.4 is 4.74 Å². The zero-order chi connectivity index (χ0) is 25.1. The number of hydrogen-bond acceptors (Lipinski definition) is 10. The number of non-ortho nitro benzene ring substituents is 2. The van der Waals surface area contributed by atoms with Gasteiger partial charge in [-0.2, -0.15) is 0 Å². The van der Waals surface area contributed by atoms with Crippen LogP contribution in [0.4, 0.5) is 17.1 Å². The van der Waals surface area contributed by atoms with E-state index < -0.39 is 32.1 Å². The normalized spacial score (nSPS) is 13.8. The molecule has 1 heterocycles. The van der Waals surface area contributed by atoms with Crippen LogP contribution in [0.25, 0.3) is 6.08 Å². The molecular weight excluding hydrogens is 464 g/mol. The van der Waals surface area contributed by atoms with E-state index in [1.165, 1.54) is 42.5 Å². The lowest BCUT2D eigenvalue weighted by atomic mass is 10.2. The zero-order valence-electron chi connectivity index (χ0n) is 17.4. The summed E-state index contributed by atoms with van der Waals surface area (Å²) >= 11 is 0. The summed E-state index contributed by atoms with van der Waals surface area (Å²) in [5.41, 5.74) is -0.636. The Kier molecular flexibility index (Phi) is 5.96. The van der Waals surface area contributed by atoms with Crippen LogP contribution in [0, 0.1) is 30.3 Å². The molecule has 0 bridgehead atoms. The van der Waals surface area contributed by atoms with Crippen LogP contribution in [0.1, 0.15) is 11.1 Å². The van der Waals surface area contributed by atoms with Gasteiger partial charge in [-0.15, -0.1) is 0 Å². The minimum Gasteiger partial charge on any atom is -0.450 e. The summed E-state index contributed by atoms with van der Waals surface area (Å²) in [6, 6.07) is 14.6. The number of carbonyl (C=O) groups excluding carboxylic acids is 1. The molecule has 0 fully saturated rings. The lowest BCUT2D eigenvalue weighted by Gasteiger charge is -2.07. The van der Waals surface area contributed by atoms with E-state index in [4.69, 9.17) is 9.47 Å². The van der Waals surface area contributed by atoms with E-state index in [0.29, 0.717) is 5.56 Å². The van der Waals surface area contributed by atoms with Gasteiger partial charge in [0, 0.05) is 23.8 Å². The second-order valence-electron chi connectivity index (χ2n) is 6.98. The number of hydrogen-bond donors (Lipinski definition) is 0. The molecule has 0 saturated carbocycles. The van der Waals surface area contributed by atoms with Crippen LogP contribution in [0.3, 0.4) is 0 Å². The summed E-state index contributed by atoms with van der Waals surface area (Å²) in [4.78, 5) is 47.4. The maximum Gasteiger partial charge on any atom is 0.363 e. The predicted octanol–water partition coefficient (Wildman–Crippen LogP) is 4.55. The highest BCUT2D eigenvalue weighted by molar-refractivity contribution is 6.13. The number of benzene rings is 3. The first-order valence-electron chi connectivity index (χ1n) is 9.69. The summed E-state index contributed by atoms with van der Waals surface area (Å²) in [7, 11) is 0. The van der Waals surface area contributed by atoms with Gasteiger partial charge in [-0.25, -0.2) is 9.79 Å². The topological polar surface area (TPSA) is 177 Å². The van der Waals surface area contributed by atoms with Crippen LogP contribution in [-0.4, -0.2) is 26.6 Å². The molecule has 0 spiro atoms. The molecule has 35 heavy (non-hydrogen) atoms. The minimum absolute atomic E-state index is 0.0787. The van der Waals surface area contributed by atoms with E-state index >= 15 is 0 Å². The SMILES string of the molecule is O=C1OC(c2cccc([N+](=O)[O-])c2)=NC1=Cc1cccc(Oc2ccc([N+](=O)[O-])cc2[N+](=O)[O-])c1. The zero-order valence-corrected chi connectivity index (χ0v) is 17.4. The number of cyclic esters (lactones) is 1. The highest BCUT2D eigenvalue weighted by Crippen LogP contribution is 2.35. The number of nitro groups is 3. The second kappa shape index (κ2) is 9.19. The van der Waals surface area contributed by atoms with Crippen LogP contribution in [0.15, 0.2) is 77.4 Å². The van der Waals surface area contributed by atoms with Gasteiger partial charge in [-0.3, -0.25) is 30.3 Å². The van der Waals surface area contributed by atoms with E-state index in [1.54, 1.807) is 12.1 Å². The highest BCUT2D eigenvalue weighted by atomic mass is 16.6. The van der Waals surface area contributed by atoms with Crippen molar-refractivity contribution in [3.63, 3.8) is 0 Å². The average Bonchev–Trinajstić information content (AvgIpc) is 3.19. The van der Waals surface area contributed by atoms with Gasteiger partial charge in [-0.05, 0) is 35.9 Å². The van der Waals surface area contributed by atoms with Crippen molar-refractivity contribution in [1.82, 2.24) is 0 Å². The first-order valence-corrected chi connectivity index (χ1v) is 9.69. The third-order valence-electron chi connectivity index (χ3n) is 4.66. The summed E-state index contributed by atoms with van der Waals surface area (Å²) in [6.07, 6.45) is 1.38. The van der Waals surface area contributed by atoms with Crippen molar-refractivity contribution in [2.75, 3.05) is 0 Å². The van der Waals surface area contributed by atoms with Crippen molar-refractivity contribution >= 4 is 35.0 Å². The number of nitrogens with zero attached hydrogens (tertiary/aromatic N) is 4. The van der Waals surface area contributed by atoms with Crippen LogP contribution in [-0.2, 0) is 9.53 Å². The van der Waals surface area contributed by atoms with Gasteiger partial charge in [0.05, 0.1) is 20.8 Å². The molecule has 0 N–H and O–H groups in total. The first-order chi connectivity index (χ1) is 16.7. The average molecular weight is 476 g/mol. The second-order valence-corrected chi connectivity index (χ2v) is 6.98. The molecule has 0 saturated heterocycles. The molecule has 0 amide bonds. The molecule has 0 unspecified atom stereocenters. The number of ether oxygens (including phenoxy) is 2. The number of aliphatic imine (C=N–C) groups is 1. The van der Waals surface area contributed by atoms with Crippen molar-refractivity contribution in [3.05, 3.63) is 114 Å². The minimum atomic E-state index is -0.799. The van der Waals surface area contributed by atoms with E-state index in [9.17, 15) is 35.1 Å². The van der Waals surface area contributed by atoms with E-state index in [-0.39, 0.29) is 34.3 Å². The third-order valence-corrected chi connectivity index (χ3v) is 4.66. The van der Waals surface area contributed by atoms with Gasteiger partial charge in [-0.1, -0.05) is 18.2 Å². The highest BCUT2D eigenvalue weighted by Gasteiger charge is 2.25. The van der Waals surface area contributed by atoms with E-state index in [0.717, 1.165) is 18.2 Å². The smallest absolute Gasteiger partial charge is 0.363 e. The van der Waals surface area contributed by atoms with Gasteiger partial charge < -0.3 is 9.47 Å². The Labute approximate surface area is 195 Å². The maximum absolute atomic E-state index is 12.3. The molecule has 0 atom stereocenters. The molecule has 174 valence electrons. The van der Waals surface area contributed by atoms with Crippen LogP contribution >= 0.6 is 0 Å². The molecule has 13 heteroatoms. The molecule has 13 nitrogen and oxygen atoms in total. The Morgan fingerprint density at radius 1 is 0.829 bits per heavy atom. The maximum atomic E-state index is 12.3. The fourth-order valence-electron chi connectivity index (χ4n) is 3.09. The van der Waals surface area contributed by atoms with Gasteiger partial charge in [0.25, 0.3) is 11.4 Å². The lowest BCUT2D eigenvalue weighted by molar-refractivity contribution is -0.394. The summed E-state index contributed by atoms with van der Waals surface area (Å²) in [5, 5.41) is 33.2. The number of esters is 1. The molecule has 3 aromatic carbocycles. The Morgan fingerprint density at radius 3 is 2.26 bits per heavy atom. The lowest BCUT2D eigenvalue weighted by Crippen LogP contribution is -2.05. The summed E-state index contributed by atoms with van der Waals surface area (Å²) in [5.74, 6) is -0.926. The number of carbonyl (C=O) groups is 1. The predicted molar refractivity (Wildman–Crippen MR) is 120 cm³/mol. The Morgan fingerprint density at radius 2 is 1.54 bits per heavy atom. The van der Waals surface area contributed by atoms with Crippen molar-refractivity contribution in [1.29, 1.82) is 0 Å². The van der Waals surface area contributed by atoms with Gasteiger partial charge >= 0.3 is 11.7 Å². The molecule has 0 aliphatic carbocycles. The van der Waals surface area contributed by atoms with Crippen LogP contribution in [0.2, 0.25) is 0 Å². The molecule has 1 aliphatic heterocycles. The Balaban J connectivity index is 1.61. The van der Waals surface area contributed by atoms with Crippen molar-refractivity contribution < 1.29 is 29.0 Å². The quantitative estimate of drug-likeness (QED) is 0.205. The standard InChI is InChI=1S/C22H12N4O9/c27-22-18(23-21(35-22)14-4-2-5-15(11-14)24(28)29)10-13-3-1-6-17(9-13)34-20-8-7-16(25(30)31)12-19(20)26(32)33/h1-12H. The van der Waals surface area contributed by atoms with E-state index in [2.05, 4.69) is 4.99 Å². The van der Waals surface area contributed by atoms with Crippen molar-refractivity contribution in [3.8, 4) is 11.5 Å². The van der Waals surface area contributed by atoms with E-state index in [1.807, 2.05) is 0 Å².